The van der Waals surface area contributed by atoms with Crippen LogP contribution in [0.25, 0.3) is 104 Å². The Morgan fingerprint density at radius 1 is 0.362 bits per heavy atom. The molecule has 218 valence electrons. The summed E-state index contributed by atoms with van der Waals surface area (Å²) in [5.74, 6) is 0. The molecule has 47 heavy (non-hydrogen) atoms. The molecule has 3 aromatic heterocycles. The summed E-state index contributed by atoms with van der Waals surface area (Å²) in [6.45, 7) is 0. The molecule has 0 radical (unpaired) electrons. The van der Waals surface area contributed by atoms with Crippen molar-refractivity contribution in [2.24, 2.45) is 0 Å². The fourth-order valence-corrected chi connectivity index (χ4v) is 7.86. The molecule has 0 saturated heterocycles. The van der Waals surface area contributed by atoms with E-state index in [-0.39, 0.29) is 0 Å². The Hall–Kier alpha value is -6.32. The van der Waals surface area contributed by atoms with Gasteiger partial charge in [-0.2, -0.15) is 0 Å². The number of hydrogen-bond donors (Lipinski definition) is 0. The Morgan fingerprint density at radius 2 is 0.915 bits per heavy atom. The van der Waals surface area contributed by atoms with Crippen LogP contribution in [0.1, 0.15) is 0 Å². The van der Waals surface area contributed by atoms with Gasteiger partial charge >= 0.3 is 0 Å². The standard InChI is InChI=1S/C44H25NO2/c1-2-10-29-26(9-1)23-36(31-12-4-3-11-30(29)31)27-17-21-41-37(24-27)34-19-20-35-38-25-28(18-22-42(38)47-44(35)43(34)46-41)45-39-15-7-5-13-32(39)33-14-6-8-16-40(33)45/h1-25H. The normalized spacial score (nSPS) is 12.3. The zero-order chi connectivity index (χ0) is 30.6. The predicted octanol–water partition coefficient (Wildman–Crippen LogP) is 12.6. The SMILES string of the molecule is c1ccc2c(c1)cc(-c1ccc3oc4c(ccc5c6cc(-n7c8ccccc8c8ccccc87)ccc6oc54)c3c1)c1ccccc12. The molecule has 3 nitrogen and oxygen atoms in total. The van der Waals surface area contributed by atoms with Gasteiger partial charge in [0.1, 0.15) is 11.2 Å². The van der Waals surface area contributed by atoms with Crippen LogP contribution in [0.5, 0.6) is 0 Å². The van der Waals surface area contributed by atoms with Gasteiger partial charge in [-0.25, -0.2) is 0 Å². The lowest BCUT2D eigenvalue weighted by Crippen LogP contribution is -1.93. The third kappa shape index (κ3) is 3.40. The van der Waals surface area contributed by atoms with E-state index in [0.717, 1.165) is 49.6 Å². The Balaban J connectivity index is 1.12. The van der Waals surface area contributed by atoms with E-state index in [0.29, 0.717) is 0 Å². The number of fused-ring (bicyclic) bond motifs is 13. The van der Waals surface area contributed by atoms with E-state index in [2.05, 4.69) is 156 Å². The maximum absolute atomic E-state index is 6.56. The smallest absolute Gasteiger partial charge is 0.178 e. The van der Waals surface area contributed by atoms with Gasteiger partial charge in [0.15, 0.2) is 11.2 Å². The van der Waals surface area contributed by atoms with Gasteiger partial charge in [0.25, 0.3) is 0 Å². The van der Waals surface area contributed by atoms with Crippen LogP contribution in [0.2, 0.25) is 0 Å². The van der Waals surface area contributed by atoms with Crippen molar-refractivity contribution < 1.29 is 8.83 Å². The highest BCUT2D eigenvalue weighted by molar-refractivity contribution is 6.20. The van der Waals surface area contributed by atoms with E-state index in [1.807, 2.05) is 0 Å². The number of furan rings is 2. The lowest BCUT2D eigenvalue weighted by molar-refractivity contribution is 0.633. The Bertz CT molecular complexity index is 3030. The second kappa shape index (κ2) is 9.12. The molecule has 0 atom stereocenters. The molecule has 0 unspecified atom stereocenters. The highest BCUT2D eigenvalue weighted by atomic mass is 16.4. The van der Waals surface area contributed by atoms with Gasteiger partial charge in [0.2, 0.25) is 0 Å². The predicted molar refractivity (Wildman–Crippen MR) is 196 cm³/mol. The van der Waals surface area contributed by atoms with Crippen molar-refractivity contribution in [1.82, 2.24) is 4.57 Å². The van der Waals surface area contributed by atoms with Crippen molar-refractivity contribution in [3.05, 3.63) is 152 Å². The Morgan fingerprint density at radius 3 is 1.62 bits per heavy atom. The first-order valence-corrected chi connectivity index (χ1v) is 16.0. The van der Waals surface area contributed by atoms with Gasteiger partial charge in [-0.15, -0.1) is 0 Å². The lowest BCUT2D eigenvalue weighted by atomic mass is 9.92. The Labute approximate surface area is 268 Å². The van der Waals surface area contributed by atoms with Gasteiger partial charge in [0.05, 0.1) is 11.0 Å². The minimum atomic E-state index is 0.783. The third-order valence-corrected chi connectivity index (χ3v) is 9.98. The van der Waals surface area contributed by atoms with E-state index in [9.17, 15) is 0 Å². The number of aromatic nitrogens is 1. The van der Waals surface area contributed by atoms with Crippen molar-refractivity contribution in [3.8, 4) is 16.8 Å². The first kappa shape index (κ1) is 24.9. The van der Waals surface area contributed by atoms with Crippen LogP contribution in [0.4, 0.5) is 0 Å². The molecule has 0 fully saturated rings. The number of hydrogen-bond acceptors (Lipinski definition) is 2. The zero-order valence-corrected chi connectivity index (χ0v) is 25.2. The summed E-state index contributed by atoms with van der Waals surface area (Å²) in [5.41, 5.74) is 9.15. The molecule has 3 heterocycles. The van der Waals surface area contributed by atoms with Crippen LogP contribution in [0.15, 0.2) is 160 Å². The van der Waals surface area contributed by atoms with E-state index >= 15 is 0 Å². The summed E-state index contributed by atoms with van der Waals surface area (Å²) in [6.07, 6.45) is 0. The van der Waals surface area contributed by atoms with Crippen LogP contribution >= 0.6 is 0 Å². The Kier molecular flexibility index (Phi) is 4.84. The van der Waals surface area contributed by atoms with Gasteiger partial charge in [-0.3, -0.25) is 0 Å². The second-order valence-corrected chi connectivity index (χ2v) is 12.5. The largest absolute Gasteiger partial charge is 0.452 e. The van der Waals surface area contributed by atoms with Crippen molar-refractivity contribution in [1.29, 1.82) is 0 Å². The molecular weight excluding hydrogens is 574 g/mol. The number of benzene rings is 8. The zero-order valence-electron chi connectivity index (χ0n) is 25.2. The van der Waals surface area contributed by atoms with E-state index in [1.165, 1.54) is 54.5 Å². The molecule has 0 amide bonds. The maximum atomic E-state index is 6.56. The first-order valence-electron chi connectivity index (χ1n) is 16.0. The molecule has 0 aliphatic rings. The number of nitrogens with zero attached hydrogens (tertiary/aromatic N) is 1. The third-order valence-electron chi connectivity index (χ3n) is 9.98. The van der Waals surface area contributed by atoms with Crippen LogP contribution in [-0.4, -0.2) is 4.57 Å². The summed E-state index contributed by atoms with van der Waals surface area (Å²) in [6, 6.07) is 54.3. The molecule has 3 heteroatoms. The molecule has 0 bridgehead atoms. The van der Waals surface area contributed by atoms with Crippen LogP contribution in [-0.2, 0) is 0 Å². The molecule has 0 N–H and O–H groups in total. The molecule has 11 rings (SSSR count). The topological polar surface area (TPSA) is 31.2 Å². The molecule has 11 aromatic rings. The highest BCUT2D eigenvalue weighted by Crippen LogP contribution is 2.42. The summed E-state index contributed by atoms with van der Waals surface area (Å²) in [4.78, 5) is 0. The van der Waals surface area contributed by atoms with Crippen molar-refractivity contribution in [2.45, 2.75) is 0 Å². The quantitative estimate of drug-likeness (QED) is 0.185. The highest BCUT2D eigenvalue weighted by Gasteiger charge is 2.19. The fraction of sp³-hybridized carbons (Fsp3) is 0. The average Bonchev–Trinajstić information content (AvgIpc) is 3.80. The van der Waals surface area contributed by atoms with Gasteiger partial charge in [-0.1, -0.05) is 91.0 Å². The van der Waals surface area contributed by atoms with Gasteiger partial charge in [0, 0.05) is 38.0 Å². The van der Waals surface area contributed by atoms with E-state index in [1.54, 1.807) is 0 Å². The van der Waals surface area contributed by atoms with Crippen LogP contribution in [0, 0.1) is 0 Å². The molecular formula is C44H25NO2. The minimum Gasteiger partial charge on any atom is -0.452 e. The first-order chi connectivity index (χ1) is 23.3. The molecule has 0 aliphatic carbocycles. The molecule has 0 aliphatic heterocycles. The number of para-hydroxylation sites is 2. The maximum Gasteiger partial charge on any atom is 0.178 e. The van der Waals surface area contributed by atoms with E-state index < -0.39 is 0 Å². The molecule has 0 spiro atoms. The van der Waals surface area contributed by atoms with Gasteiger partial charge < -0.3 is 13.4 Å². The van der Waals surface area contributed by atoms with Crippen molar-refractivity contribution >= 4 is 87.2 Å². The summed E-state index contributed by atoms with van der Waals surface area (Å²) < 4.78 is 15.5. The van der Waals surface area contributed by atoms with E-state index in [4.69, 9.17) is 8.83 Å². The summed E-state index contributed by atoms with van der Waals surface area (Å²) in [5, 5.41) is 11.8. The summed E-state index contributed by atoms with van der Waals surface area (Å²) >= 11 is 0. The molecule has 8 aromatic carbocycles. The van der Waals surface area contributed by atoms with Crippen LogP contribution < -0.4 is 0 Å². The number of rotatable bonds is 2. The van der Waals surface area contributed by atoms with Gasteiger partial charge in [-0.05, 0) is 93.3 Å². The van der Waals surface area contributed by atoms with Crippen LogP contribution in [0.3, 0.4) is 0 Å². The monoisotopic (exact) mass is 599 g/mol. The average molecular weight is 600 g/mol. The van der Waals surface area contributed by atoms with Crippen molar-refractivity contribution in [3.63, 3.8) is 0 Å². The lowest BCUT2D eigenvalue weighted by Gasteiger charge is -2.11. The summed E-state index contributed by atoms with van der Waals surface area (Å²) in [7, 11) is 0. The minimum absolute atomic E-state index is 0.783. The fourth-order valence-electron chi connectivity index (χ4n) is 7.86. The van der Waals surface area contributed by atoms with Crippen molar-refractivity contribution in [2.75, 3.05) is 0 Å². The molecule has 0 saturated carbocycles. The second-order valence-electron chi connectivity index (χ2n) is 12.5.